The number of ether oxygens (including phenoxy) is 2. The van der Waals surface area contributed by atoms with Gasteiger partial charge in [-0.3, -0.25) is 0 Å². The number of hydrogen-bond acceptors (Lipinski definition) is 2. The number of aryl methyl sites for hydroxylation is 1. The molecule has 2 nitrogen and oxygen atoms in total. The maximum Gasteiger partial charge on any atom is 0.416 e. The molecule has 1 unspecified atom stereocenters. The van der Waals surface area contributed by atoms with Crippen molar-refractivity contribution in [3.05, 3.63) is 82.7 Å². The minimum Gasteiger partial charge on any atom is -0.493 e. The van der Waals surface area contributed by atoms with Crippen LogP contribution in [0.4, 0.5) is 17.6 Å². The molecule has 6 heteroatoms. The van der Waals surface area contributed by atoms with Crippen LogP contribution in [0.3, 0.4) is 0 Å². The zero-order chi connectivity index (χ0) is 20.8. The molecule has 1 heterocycles. The zero-order valence-corrected chi connectivity index (χ0v) is 15.8. The summed E-state index contributed by atoms with van der Waals surface area (Å²) in [5.74, 6) is 0.184. The van der Waals surface area contributed by atoms with Gasteiger partial charge >= 0.3 is 6.18 Å². The molecule has 1 aliphatic heterocycles. The lowest BCUT2D eigenvalue weighted by molar-refractivity contribution is -0.137. The lowest BCUT2D eigenvalue weighted by Gasteiger charge is -2.14. The zero-order valence-electron chi connectivity index (χ0n) is 15.8. The van der Waals surface area contributed by atoms with Crippen LogP contribution in [0.15, 0.2) is 54.6 Å². The molecule has 29 heavy (non-hydrogen) atoms. The van der Waals surface area contributed by atoms with Crippen LogP contribution in [0, 0.1) is 12.7 Å². The summed E-state index contributed by atoms with van der Waals surface area (Å²) in [4.78, 5) is 0. The van der Waals surface area contributed by atoms with Gasteiger partial charge in [-0.1, -0.05) is 30.3 Å². The van der Waals surface area contributed by atoms with Crippen LogP contribution < -0.4 is 9.47 Å². The number of hydrogen-bond donors (Lipinski definition) is 0. The highest BCUT2D eigenvalue weighted by molar-refractivity contribution is 5.68. The fourth-order valence-corrected chi connectivity index (χ4v) is 3.64. The van der Waals surface area contributed by atoms with Crippen LogP contribution in [0.1, 0.15) is 28.4 Å². The average molecular weight is 402 g/mol. The number of halogens is 4. The summed E-state index contributed by atoms with van der Waals surface area (Å²) in [7, 11) is 1.42. The minimum atomic E-state index is -4.39. The second-order valence-corrected chi connectivity index (χ2v) is 7.03. The van der Waals surface area contributed by atoms with E-state index in [9.17, 15) is 17.6 Å². The van der Waals surface area contributed by atoms with Crippen molar-refractivity contribution in [2.45, 2.75) is 25.6 Å². The Bertz CT molecular complexity index is 1070. The van der Waals surface area contributed by atoms with E-state index in [0.717, 1.165) is 17.7 Å². The maximum atomic E-state index is 14.8. The molecular weight excluding hydrogens is 384 g/mol. The first-order chi connectivity index (χ1) is 13.8. The minimum absolute atomic E-state index is 0.192. The van der Waals surface area contributed by atoms with Crippen molar-refractivity contribution in [3.8, 4) is 22.6 Å². The largest absolute Gasteiger partial charge is 0.493 e. The van der Waals surface area contributed by atoms with Gasteiger partial charge in [0.15, 0.2) is 11.6 Å². The Kier molecular flexibility index (Phi) is 4.73. The van der Waals surface area contributed by atoms with Gasteiger partial charge in [-0.25, -0.2) is 4.39 Å². The first-order valence-electron chi connectivity index (χ1n) is 9.08. The van der Waals surface area contributed by atoms with E-state index < -0.39 is 23.7 Å². The Morgan fingerprint density at radius 2 is 1.83 bits per heavy atom. The summed E-state index contributed by atoms with van der Waals surface area (Å²) in [6, 6.07) is 14.2. The van der Waals surface area contributed by atoms with E-state index in [2.05, 4.69) is 0 Å². The molecule has 1 aliphatic rings. The molecule has 0 aliphatic carbocycles. The monoisotopic (exact) mass is 402 g/mol. The van der Waals surface area contributed by atoms with E-state index in [1.165, 1.54) is 13.2 Å². The molecule has 1 atom stereocenters. The maximum absolute atomic E-state index is 14.8. The van der Waals surface area contributed by atoms with Gasteiger partial charge in [-0.2, -0.15) is 13.2 Å². The highest BCUT2D eigenvalue weighted by Gasteiger charge is 2.33. The van der Waals surface area contributed by atoms with E-state index in [0.29, 0.717) is 34.4 Å². The molecule has 0 spiro atoms. The summed E-state index contributed by atoms with van der Waals surface area (Å²) in [6.07, 6.45) is -4.50. The van der Waals surface area contributed by atoms with Crippen molar-refractivity contribution >= 4 is 0 Å². The van der Waals surface area contributed by atoms with E-state index in [4.69, 9.17) is 9.47 Å². The number of rotatable bonds is 3. The Balaban J connectivity index is 1.65. The number of benzene rings is 3. The molecule has 0 fully saturated rings. The van der Waals surface area contributed by atoms with E-state index in [1.54, 1.807) is 37.3 Å². The van der Waals surface area contributed by atoms with Crippen molar-refractivity contribution in [2.75, 3.05) is 7.11 Å². The summed E-state index contributed by atoms with van der Waals surface area (Å²) in [5, 5.41) is 0. The SMILES string of the molecule is COc1c(C)ccc(-c2cccc(C3Cc4cc(C(F)(F)F)ccc4O3)c2)c1F. The summed E-state index contributed by atoms with van der Waals surface area (Å²) in [5.41, 5.74) is 2.32. The average Bonchev–Trinajstić information content (AvgIpc) is 3.11. The third-order valence-electron chi connectivity index (χ3n) is 5.13. The van der Waals surface area contributed by atoms with Gasteiger partial charge in [-0.05, 0) is 53.4 Å². The second kappa shape index (κ2) is 7.10. The van der Waals surface area contributed by atoms with Crippen LogP contribution in [0.25, 0.3) is 11.1 Å². The van der Waals surface area contributed by atoms with Gasteiger partial charge in [0, 0.05) is 12.0 Å². The van der Waals surface area contributed by atoms with Gasteiger partial charge in [0.2, 0.25) is 0 Å². The first kappa shape index (κ1) is 19.3. The molecule has 0 bridgehead atoms. The quantitative estimate of drug-likeness (QED) is 0.465. The van der Waals surface area contributed by atoms with Crippen LogP contribution in [-0.4, -0.2) is 7.11 Å². The lowest BCUT2D eigenvalue weighted by atomic mass is 9.97. The molecule has 150 valence electrons. The van der Waals surface area contributed by atoms with E-state index >= 15 is 0 Å². The number of alkyl halides is 3. The van der Waals surface area contributed by atoms with Crippen LogP contribution in [0.5, 0.6) is 11.5 Å². The van der Waals surface area contributed by atoms with Gasteiger partial charge in [0.05, 0.1) is 12.7 Å². The third kappa shape index (κ3) is 3.55. The van der Waals surface area contributed by atoms with Crippen LogP contribution in [-0.2, 0) is 12.6 Å². The Hall–Kier alpha value is -3.02. The number of fused-ring (bicyclic) bond motifs is 1. The number of methoxy groups -OCH3 is 1. The van der Waals surface area contributed by atoms with Crippen molar-refractivity contribution < 1.29 is 27.0 Å². The summed E-state index contributed by atoms with van der Waals surface area (Å²) >= 11 is 0. The van der Waals surface area contributed by atoms with Crippen molar-refractivity contribution in [1.29, 1.82) is 0 Å². The highest BCUT2D eigenvalue weighted by Crippen LogP contribution is 2.41. The molecule has 3 aromatic carbocycles. The molecule has 3 aromatic rings. The van der Waals surface area contributed by atoms with E-state index in [1.807, 2.05) is 6.07 Å². The second-order valence-electron chi connectivity index (χ2n) is 7.03. The van der Waals surface area contributed by atoms with Crippen molar-refractivity contribution in [1.82, 2.24) is 0 Å². The highest BCUT2D eigenvalue weighted by atomic mass is 19.4. The fraction of sp³-hybridized carbons (Fsp3) is 0.217. The molecule has 0 aromatic heterocycles. The first-order valence-corrected chi connectivity index (χ1v) is 9.08. The standard InChI is InChI=1S/C23H18F4O2/c1-13-6-8-18(21(24)22(13)28-2)14-4-3-5-15(10-14)20-12-16-11-17(23(25,26)27)7-9-19(16)29-20/h3-11,20H,12H2,1-2H3. The van der Waals surface area contributed by atoms with Gasteiger partial charge in [-0.15, -0.1) is 0 Å². The predicted octanol–water partition coefficient (Wildman–Crippen LogP) is 6.50. The molecule has 4 rings (SSSR count). The lowest BCUT2D eigenvalue weighted by Crippen LogP contribution is -2.04. The molecule has 0 saturated carbocycles. The topological polar surface area (TPSA) is 18.5 Å². The van der Waals surface area contributed by atoms with Crippen LogP contribution in [0.2, 0.25) is 0 Å². The van der Waals surface area contributed by atoms with Gasteiger partial charge in [0.1, 0.15) is 11.9 Å². The molecule has 0 saturated heterocycles. The van der Waals surface area contributed by atoms with E-state index in [-0.39, 0.29) is 5.75 Å². The summed E-state index contributed by atoms with van der Waals surface area (Å²) < 4.78 is 64.7. The Labute approximate surface area is 165 Å². The Morgan fingerprint density at radius 1 is 1.03 bits per heavy atom. The van der Waals surface area contributed by atoms with Crippen molar-refractivity contribution in [3.63, 3.8) is 0 Å². The molecule has 0 radical (unpaired) electrons. The smallest absolute Gasteiger partial charge is 0.416 e. The van der Waals surface area contributed by atoms with Gasteiger partial charge in [0.25, 0.3) is 0 Å². The normalized spacial score (nSPS) is 15.7. The third-order valence-corrected chi connectivity index (χ3v) is 5.13. The molecular formula is C23H18F4O2. The predicted molar refractivity (Wildman–Crippen MR) is 102 cm³/mol. The van der Waals surface area contributed by atoms with Gasteiger partial charge < -0.3 is 9.47 Å². The molecule has 0 amide bonds. The molecule has 0 N–H and O–H groups in total. The van der Waals surface area contributed by atoms with Crippen molar-refractivity contribution in [2.24, 2.45) is 0 Å². The fourth-order valence-electron chi connectivity index (χ4n) is 3.64. The summed E-state index contributed by atoms with van der Waals surface area (Å²) in [6.45, 7) is 1.76. The Morgan fingerprint density at radius 3 is 2.55 bits per heavy atom. The van der Waals surface area contributed by atoms with Crippen LogP contribution >= 0.6 is 0 Å².